The van der Waals surface area contributed by atoms with Crippen LogP contribution in [0.5, 0.6) is 0 Å². The molecule has 1 fully saturated rings. The van der Waals surface area contributed by atoms with Crippen molar-refractivity contribution >= 4 is 5.91 Å². The normalized spacial score (nSPS) is 21.0. The van der Waals surface area contributed by atoms with Gasteiger partial charge in [0.25, 0.3) is 0 Å². The van der Waals surface area contributed by atoms with Gasteiger partial charge in [-0.1, -0.05) is 0 Å². The third kappa shape index (κ3) is 4.30. The van der Waals surface area contributed by atoms with Gasteiger partial charge in [-0.3, -0.25) is 9.48 Å². The molecule has 0 bridgehead atoms. The molecule has 22 heavy (non-hydrogen) atoms. The molecule has 1 amide bonds. The molecule has 6 nitrogen and oxygen atoms in total. The molecule has 0 radical (unpaired) electrons. The number of aromatic nitrogens is 2. The van der Waals surface area contributed by atoms with E-state index >= 15 is 0 Å². The molecular formula is C16H29N5O. The van der Waals surface area contributed by atoms with Crippen molar-refractivity contribution in [1.29, 1.82) is 0 Å². The zero-order valence-electron chi connectivity index (χ0n) is 14.2. The number of amides is 1. The highest BCUT2D eigenvalue weighted by molar-refractivity contribution is 5.83. The van der Waals surface area contributed by atoms with Gasteiger partial charge in [-0.25, -0.2) is 0 Å². The molecule has 0 aliphatic carbocycles. The van der Waals surface area contributed by atoms with Crippen molar-refractivity contribution in [1.82, 2.24) is 25.3 Å². The summed E-state index contributed by atoms with van der Waals surface area (Å²) >= 11 is 0. The minimum atomic E-state index is -0.335. The number of nitrogens with zero attached hydrogens (tertiary/aromatic N) is 3. The predicted octanol–water partition coefficient (Wildman–Crippen LogP) is 0.917. The first-order chi connectivity index (χ1) is 10.5. The number of rotatable bonds is 6. The van der Waals surface area contributed by atoms with Crippen LogP contribution < -0.4 is 10.6 Å². The second kappa shape index (κ2) is 7.74. The third-order valence-electron chi connectivity index (χ3n) is 4.45. The van der Waals surface area contributed by atoms with E-state index < -0.39 is 0 Å². The number of nitrogens with one attached hydrogen (secondary N) is 2. The fourth-order valence-electron chi connectivity index (χ4n) is 3.12. The molecule has 0 spiro atoms. The average molecular weight is 307 g/mol. The lowest BCUT2D eigenvalue weighted by Gasteiger charge is -2.35. The zero-order valence-corrected chi connectivity index (χ0v) is 14.2. The summed E-state index contributed by atoms with van der Waals surface area (Å²) in [6.45, 7) is 7.48. The number of hydrogen-bond acceptors (Lipinski definition) is 4. The van der Waals surface area contributed by atoms with Gasteiger partial charge in [0.15, 0.2) is 0 Å². The molecule has 2 atom stereocenters. The van der Waals surface area contributed by atoms with Crippen LogP contribution >= 0.6 is 0 Å². The summed E-state index contributed by atoms with van der Waals surface area (Å²) < 4.78 is 1.72. The van der Waals surface area contributed by atoms with Gasteiger partial charge in [0.2, 0.25) is 5.91 Å². The van der Waals surface area contributed by atoms with E-state index in [1.165, 1.54) is 19.4 Å². The highest BCUT2D eigenvalue weighted by Gasteiger charge is 2.24. The number of piperidine rings is 1. The molecule has 0 aromatic carbocycles. The van der Waals surface area contributed by atoms with Crippen LogP contribution in [0.3, 0.4) is 0 Å². The Hall–Kier alpha value is -1.40. The Morgan fingerprint density at radius 1 is 1.50 bits per heavy atom. The molecule has 1 aromatic heterocycles. The van der Waals surface area contributed by atoms with E-state index in [9.17, 15) is 4.79 Å². The molecule has 1 aliphatic rings. The number of likely N-dealkylation sites (N-methyl/N-ethyl adjacent to an activating group) is 1. The fourth-order valence-corrected chi connectivity index (χ4v) is 3.12. The van der Waals surface area contributed by atoms with Crippen molar-refractivity contribution in [3.8, 4) is 0 Å². The van der Waals surface area contributed by atoms with Gasteiger partial charge >= 0.3 is 0 Å². The van der Waals surface area contributed by atoms with Crippen LogP contribution in [0.2, 0.25) is 0 Å². The quantitative estimate of drug-likeness (QED) is 0.820. The molecule has 2 N–H and O–H groups in total. The Bertz CT molecular complexity index is 485. The Labute approximate surface area is 133 Å². The van der Waals surface area contributed by atoms with Gasteiger partial charge in [0, 0.05) is 37.9 Å². The summed E-state index contributed by atoms with van der Waals surface area (Å²) in [4.78, 5) is 14.9. The molecule has 1 aliphatic heterocycles. The van der Waals surface area contributed by atoms with E-state index in [1.807, 2.05) is 13.2 Å². The largest absolute Gasteiger partial charge is 0.354 e. The zero-order chi connectivity index (χ0) is 16.1. The first kappa shape index (κ1) is 17.0. The number of carbonyl (C=O) groups is 1. The van der Waals surface area contributed by atoms with Gasteiger partial charge in [-0.15, -0.1) is 0 Å². The molecule has 0 saturated carbocycles. The summed E-state index contributed by atoms with van der Waals surface area (Å²) in [5.74, 6) is 0.573. The van der Waals surface area contributed by atoms with E-state index in [0.717, 1.165) is 18.7 Å². The van der Waals surface area contributed by atoms with Gasteiger partial charge in [-0.05, 0) is 46.2 Å². The third-order valence-corrected chi connectivity index (χ3v) is 4.45. The Morgan fingerprint density at radius 3 is 2.86 bits per heavy atom. The molecule has 1 saturated heterocycles. The van der Waals surface area contributed by atoms with Gasteiger partial charge in [0.05, 0.1) is 6.20 Å². The van der Waals surface area contributed by atoms with Crippen LogP contribution in [0, 0.1) is 5.92 Å². The Morgan fingerprint density at radius 2 is 2.27 bits per heavy atom. The van der Waals surface area contributed by atoms with Crippen molar-refractivity contribution in [2.75, 3.05) is 26.7 Å². The molecule has 2 unspecified atom stereocenters. The van der Waals surface area contributed by atoms with E-state index in [2.05, 4.69) is 34.5 Å². The number of likely N-dealkylation sites (tertiary alicyclic amines) is 1. The van der Waals surface area contributed by atoms with Gasteiger partial charge in [-0.2, -0.15) is 5.10 Å². The van der Waals surface area contributed by atoms with E-state index in [1.54, 1.807) is 17.9 Å². The number of hydrogen-bond donors (Lipinski definition) is 2. The minimum absolute atomic E-state index is 0.0252. The molecule has 1 aromatic rings. The molecule has 2 heterocycles. The SMILES string of the molecule is CNC(C(=O)NCC1CCCN(C(C)C)C1)c1cnn(C)c1. The van der Waals surface area contributed by atoms with Crippen LogP contribution in [0.4, 0.5) is 0 Å². The first-order valence-electron chi connectivity index (χ1n) is 8.18. The summed E-state index contributed by atoms with van der Waals surface area (Å²) in [5, 5.41) is 10.3. The minimum Gasteiger partial charge on any atom is -0.354 e. The number of carbonyl (C=O) groups excluding carboxylic acids is 1. The van der Waals surface area contributed by atoms with E-state index in [-0.39, 0.29) is 11.9 Å². The molecular weight excluding hydrogens is 278 g/mol. The van der Waals surface area contributed by atoms with E-state index in [4.69, 9.17) is 0 Å². The van der Waals surface area contributed by atoms with Crippen LogP contribution in [-0.4, -0.2) is 53.3 Å². The summed E-state index contributed by atoms with van der Waals surface area (Å²) in [5.41, 5.74) is 0.898. The van der Waals surface area contributed by atoms with Crippen LogP contribution in [0.1, 0.15) is 38.3 Å². The lowest BCUT2D eigenvalue weighted by Crippen LogP contribution is -2.45. The lowest BCUT2D eigenvalue weighted by atomic mass is 9.96. The second-order valence-electron chi connectivity index (χ2n) is 6.51. The standard InChI is InChI=1S/C16H29N5O/c1-12(2)21-7-5-6-13(10-21)8-18-16(22)15(17-3)14-9-19-20(4)11-14/h9,11-13,15,17H,5-8,10H2,1-4H3,(H,18,22). The van der Waals surface area contributed by atoms with Gasteiger partial charge < -0.3 is 15.5 Å². The van der Waals surface area contributed by atoms with Crippen molar-refractivity contribution in [2.24, 2.45) is 13.0 Å². The highest BCUT2D eigenvalue weighted by Crippen LogP contribution is 2.18. The molecule has 124 valence electrons. The van der Waals surface area contributed by atoms with E-state index in [0.29, 0.717) is 12.0 Å². The highest BCUT2D eigenvalue weighted by atomic mass is 16.2. The molecule has 2 rings (SSSR count). The van der Waals surface area contributed by atoms with Crippen molar-refractivity contribution < 1.29 is 4.79 Å². The second-order valence-corrected chi connectivity index (χ2v) is 6.51. The topological polar surface area (TPSA) is 62.2 Å². The summed E-state index contributed by atoms with van der Waals surface area (Å²) in [7, 11) is 3.66. The summed E-state index contributed by atoms with van der Waals surface area (Å²) in [6.07, 6.45) is 6.03. The number of aryl methyl sites for hydroxylation is 1. The van der Waals surface area contributed by atoms with Crippen LogP contribution in [0.15, 0.2) is 12.4 Å². The van der Waals surface area contributed by atoms with Crippen molar-refractivity contribution in [2.45, 2.75) is 38.8 Å². The van der Waals surface area contributed by atoms with Crippen molar-refractivity contribution in [3.05, 3.63) is 18.0 Å². The maximum absolute atomic E-state index is 12.4. The maximum Gasteiger partial charge on any atom is 0.241 e. The monoisotopic (exact) mass is 307 g/mol. The van der Waals surface area contributed by atoms with Crippen molar-refractivity contribution in [3.63, 3.8) is 0 Å². The lowest BCUT2D eigenvalue weighted by molar-refractivity contribution is -0.123. The Kier molecular flexibility index (Phi) is 5.97. The predicted molar refractivity (Wildman–Crippen MR) is 87.5 cm³/mol. The smallest absolute Gasteiger partial charge is 0.241 e. The fraction of sp³-hybridized carbons (Fsp3) is 0.750. The Balaban J connectivity index is 1.86. The average Bonchev–Trinajstić information content (AvgIpc) is 2.92. The first-order valence-corrected chi connectivity index (χ1v) is 8.18. The maximum atomic E-state index is 12.4. The van der Waals surface area contributed by atoms with Crippen LogP contribution in [0.25, 0.3) is 0 Å². The van der Waals surface area contributed by atoms with Crippen LogP contribution in [-0.2, 0) is 11.8 Å². The van der Waals surface area contributed by atoms with Gasteiger partial charge in [0.1, 0.15) is 6.04 Å². The molecule has 6 heteroatoms. The summed E-state index contributed by atoms with van der Waals surface area (Å²) in [6, 6.07) is 0.248.